The number of carboxylic acids is 4. The number of carboxylic acid groups (broad SMARTS) is 4. The molecular formula is C12H18O10. The predicted molar refractivity (Wildman–Crippen MR) is 72.2 cm³/mol. The average molecular weight is 322 g/mol. The molecule has 0 aromatic carbocycles. The number of rotatable bonds is 5. The van der Waals surface area contributed by atoms with Crippen molar-refractivity contribution in [3.8, 4) is 0 Å². The zero-order valence-electron chi connectivity index (χ0n) is 11.9. The Morgan fingerprint density at radius 2 is 0.818 bits per heavy atom. The van der Waals surface area contributed by atoms with Crippen LogP contribution >= 0.6 is 0 Å². The van der Waals surface area contributed by atoms with Crippen molar-refractivity contribution in [1.29, 1.82) is 0 Å². The first-order valence-electron chi connectivity index (χ1n) is 5.35. The molecule has 0 aliphatic carbocycles. The number of aliphatic carboxylic acids is 4. The fraction of sp³-hybridized carbons (Fsp3) is 0.333. The summed E-state index contributed by atoms with van der Waals surface area (Å²) in [6.45, 7) is 9.20. The molecule has 22 heavy (non-hydrogen) atoms. The average Bonchev–Trinajstić information content (AvgIpc) is 2.37. The van der Waals surface area contributed by atoms with Crippen LogP contribution in [0.3, 0.4) is 0 Å². The molecule has 0 saturated heterocycles. The molecule has 10 nitrogen and oxygen atoms in total. The molecule has 2 atom stereocenters. The van der Waals surface area contributed by atoms with Crippen molar-refractivity contribution < 1.29 is 49.8 Å². The summed E-state index contributed by atoms with van der Waals surface area (Å²) in [7, 11) is 0. The van der Waals surface area contributed by atoms with Crippen molar-refractivity contribution in [1.82, 2.24) is 0 Å². The number of hydrogen-bond acceptors (Lipinski definition) is 6. The Bertz CT molecular complexity index is 385. The van der Waals surface area contributed by atoms with Crippen LogP contribution in [0, 0.1) is 0 Å². The van der Waals surface area contributed by atoms with Gasteiger partial charge in [0.05, 0.1) is 0 Å². The second kappa shape index (κ2) is 12.1. The number of aliphatic hydroxyl groups is 2. The largest absolute Gasteiger partial charge is 0.479 e. The Hall–Kier alpha value is -2.72. The Morgan fingerprint density at radius 3 is 0.864 bits per heavy atom. The summed E-state index contributed by atoms with van der Waals surface area (Å²) in [6, 6.07) is 0. The highest BCUT2D eigenvalue weighted by Crippen LogP contribution is 1.92. The van der Waals surface area contributed by atoms with Gasteiger partial charge in [-0.3, -0.25) is 0 Å². The standard InChI is InChI=1S/C4H6O6.2C4H6O2/c5-1(3(7)8)2(6)4(9)10;2*1-3(2)4(5)6/h1-2,5-6H,(H,7,8)(H,9,10);2*1H2,2H3,(H,5,6). The SMILES string of the molecule is C=C(C)C(=O)O.C=C(C)C(=O)O.O=C(O)C(O)C(O)C(=O)O. The molecule has 0 fully saturated rings. The van der Waals surface area contributed by atoms with Crippen molar-refractivity contribution >= 4 is 23.9 Å². The molecule has 0 spiro atoms. The van der Waals surface area contributed by atoms with Crippen LogP contribution in [-0.2, 0) is 19.2 Å². The summed E-state index contributed by atoms with van der Waals surface area (Å²) in [5.74, 6) is -5.41. The molecule has 126 valence electrons. The Kier molecular flexibility index (Phi) is 13.3. The van der Waals surface area contributed by atoms with E-state index in [9.17, 15) is 19.2 Å². The van der Waals surface area contributed by atoms with Crippen LogP contribution in [0.25, 0.3) is 0 Å². The molecule has 0 saturated carbocycles. The molecule has 6 N–H and O–H groups in total. The molecule has 0 rings (SSSR count). The summed E-state index contributed by atoms with van der Waals surface area (Å²) in [5.41, 5.74) is 0.352. The van der Waals surface area contributed by atoms with Crippen molar-refractivity contribution in [3.63, 3.8) is 0 Å². The fourth-order valence-electron chi connectivity index (χ4n) is 0.270. The van der Waals surface area contributed by atoms with Gasteiger partial charge in [0.1, 0.15) is 0 Å². The first-order valence-corrected chi connectivity index (χ1v) is 5.35. The lowest BCUT2D eigenvalue weighted by Gasteiger charge is -2.07. The summed E-state index contributed by atoms with van der Waals surface area (Å²) < 4.78 is 0. The third-order valence-corrected chi connectivity index (χ3v) is 1.54. The van der Waals surface area contributed by atoms with Gasteiger partial charge in [-0.15, -0.1) is 0 Å². The summed E-state index contributed by atoms with van der Waals surface area (Å²) in [6.07, 6.45) is -4.53. The number of carbonyl (C=O) groups is 4. The monoisotopic (exact) mass is 322 g/mol. The third-order valence-electron chi connectivity index (χ3n) is 1.54. The first kappa shape index (κ1) is 24.3. The van der Waals surface area contributed by atoms with Crippen LogP contribution in [0.15, 0.2) is 24.3 Å². The van der Waals surface area contributed by atoms with Gasteiger partial charge in [0.25, 0.3) is 0 Å². The van der Waals surface area contributed by atoms with E-state index < -0.39 is 36.1 Å². The van der Waals surface area contributed by atoms with Gasteiger partial charge >= 0.3 is 23.9 Å². The summed E-state index contributed by atoms with van der Waals surface area (Å²) in [5, 5.41) is 48.3. The van der Waals surface area contributed by atoms with Gasteiger partial charge < -0.3 is 30.6 Å². The zero-order chi connectivity index (χ0) is 18.6. The lowest BCUT2D eigenvalue weighted by molar-refractivity contribution is -0.165. The van der Waals surface area contributed by atoms with Crippen molar-refractivity contribution in [2.24, 2.45) is 0 Å². The zero-order valence-corrected chi connectivity index (χ0v) is 11.9. The maximum atomic E-state index is 9.77. The van der Waals surface area contributed by atoms with Crippen LogP contribution in [-0.4, -0.2) is 66.7 Å². The van der Waals surface area contributed by atoms with Gasteiger partial charge in [0.15, 0.2) is 12.2 Å². The Morgan fingerprint density at radius 1 is 0.682 bits per heavy atom. The molecular weight excluding hydrogens is 304 g/mol. The van der Waals surface area contributed by atoms with Crippen LogP contribution in [0.5, 0.6) is 0 Å². The van der Waals surface area contributed by atoms with E-state index in [2.05, 4.69) is 13.2 Å². The molecule has 0 amide bonds. The van der Waals surface area contributed by atoms with E-state index >= 15 is 0 Å². The number of aliphatic hydroxyl groups excluding tert-OH is 2. The van der Waals surface area contributed by atoms with Gasteiger partial charge in [-0.1, -0.05) is 13.2 Å². The van der Waals surface area contributed by atoms with Crippen LogP contribution < -0.4 is 0 Å². The third kappa shape index (κ3) is 15.3. The van der Waals surface area contributed by atoms with E-state index in [1.165, 1.54) is 13.8 Å². The maximum Gasteiger partial charge on any atom is 0.335 e. The molecule has 2 unspecified atom stereocenters. The van der Waals surface area contributed by atoms with E-state index in [4.69, 9.17) is 30.6 Å². The van der Waals surface area contributed by atoms with Crippen molar-refractivity contribution in [2.75, 3.05) is 0 Å². The molecule has 0 aliphatic rings. The minimum absolute atomic E-state index is 0.176. The highest BCUT2D eigenvalue weighted by atomic mass is 16.4. The fourth-order valence-corrected chi connectivity index (χ4v) is 0.270. The predicted octanol–water partition coefficient (Wildman–Crippen LogP) is -0.828. The van der Waals surface area contributed by atoms with E-state index in [1.54, 1.807) is 0 Å². The van der Waals surface area contributed by atoms with Crippen LogP contribution in [0.1, 0.15) is 13.8 Å². The van der Waals surface area contributed by atoms with Crippen LogP contribution in [0.2, 0.25) is 0 Å². The van der Waals surface area contributed by atoms with E-state index in [1.807, 2.05) is 0 Å². The maximum absolute atomic E-state index is 9.77. The summed E-state index contributed by atoms with van der Waals surface area (Å²) >= 11 is 0. The molecule has 10 heteroatoms. The normalized spacial score (nSPS) is 11.3. The van der Waals surface area contributed by atoms with Crippen molar-refractivity contribution in [3.05, 3.63) is 24.3 Å². The minimum Gasteiger partial charge on any atom is -0.479 e. The topological polar surface area (TPSA) is 190 Å². The molecule has 0 heterocycles. The molecule has 0 bridgehead atoms. The summed E-state index contributed by atoms with van der Waals surface area (Å²) in [4.78, 5) is 38.7. The van der Waals surface area contributed by atoms with Crippen molar-refractivity contribution in [2.45, 2.75) is 26.1 Å². The quantitative estimate of drug-likeness (QED) is 0.348. The lowest BCUT2D eigenvalue weighted by Crippen LogP contribution is -2.39. The molecule has 0 aliphatic heterocycles. The van der Waals surface area contributed by atoms with Gasteiger partial charge in [-0.2, -0.15) is 0 Å². The van der Waals surface area contributed by atoms with Gasteiger partial charge in [-0.05, 0) is 13.8 Å². The minimum atomic E-state index is -2.27. The second-order valence-electron chi connectivity index (χ2n) is 3.74. The highest BCUT2D eigenvalue weighted by molar-refractivity contribution is 5.85. The van der Waals surface area contributed by atoms with E-state index in [-0.39, 0.29) is 11.1 Å². The molecule has 0 radical (unpaired) electrons. The van der Waals surface area contributed by atoms with Gasteiger partial charge in [0.2, 0.25) is 0 Å². The first-order chi connectivity index (χ1) is 9.75. The van der Waals surface area contributed by atoms with E-state index in [0.717, 1.165) is 0 Å². The Balaban J connectivity index is -0.000000261. The smallest absolute Gasteiger partial charge is 0.335 e. The molecule has 0 aromatic rings. The Labute approximate surface area is 125 Å². The lowest BCUT2D eigenvalue weighted by atomic mass is 10.2. The second-order valence-corrected chi connectivity index (χ2v) is 3.74. The number of hydrogen-bond donors (Lipinski definition) is 6. The van der Waals surface area contributed by atoms with Crippen LogP contribution in [0.4, 0.5) is 0 Å². The van der Waals surface area contributed by atoms with Gasteiger partial charge in [-0.25, -0.2) is 19.2 Å². The van der Waals surface area contributed by atoms with E-state index in [0.29, 0.717) is 0 Å². The highest BCUT2D eigenvalue weighted by Gasteiger charge is 2.29. The molecule has 0 aromatic heterocycles. The van der Waals surface area contributed by atoms with Gasteiger partial charge in [0, 0.05) is 11.1 Å².